The van der Waals surface area contributed by atoms with Crippen molar-refractivity contribution in [2.75, 3.05) is 7.11 Å². The Bertz CT molecular complexity index is 1080. The van der Waals surface area contributed by atoms with Crippen LogP contribution in [0.2, 0.25) is 0 Å². The molecule has 4 rings (SSSR count). The van der Waals surface area contributed by atoms with Crippen molar-refractivity contribution in [1.29, 1.82) is 0 Å². The molecule has 1 aromatic heterocycles. The fraction of sp³-hybridized carbons (Fsp3) is 0.348. The average Bonchev–Trinajstić information content (AvgIpc) is 3.35. The minimum absolute atomic E-state index is 0.0144. The summed E-state index contributed by atoms with van der Waals surface area (Å²) < 4.78 is 30.2. The number of carbonyl (C=O) groups excluding carboxylic acids is 1. The predicted molar refractivity (Wildman–Crippen MR) is 111 cm³/mol. The van der Waals surface area contributed by atoms with E-state index in [-0.39, 0.29) is 30.4 Å². The van der Waals surface area contributed by atoms with Crippen molar-refractivity contribution >= 4 is 5.91 Å². The van der Waals surface area contributed by atoms with Crippen LogP contribution in [0.5, 0.6) is 11.5 Å². The smallest absolute Gasteiger partial charge is 0.249 e. The topological polar surface area (TPSA) is 77.7 Å². The molecule has 1 atom stereocenters. The van der Waals surface area contributed by atoms with Gasteiger partial charge in [-0.05, 0) is 56.2 Å². The average molecular weight is 425 g/mol. The summed E-state index contributed by atoms with van der Waals surface area (Å²) in [6.45, 7) is 4.17. The van der Waals surface area contributed by atoms with Gasteiger partial charge >= 0.3 is 0 Å². The van der Waals surface area contributed by atoms with Gasteiger partial charge in [-0.25, -0.2) is 4.39 Å². The third-order valence-corrected chi connectivity index (χ3v) is 5.08. The lowest BCUT2D eigenvalue weighted by Crippen LogP contribution is -2.27. The van der Waals surface area contributed by atoms with Gasteiger partial charge in [0.1, 0.15) is 11.9 Å². The van der Waals surface area contributed by atoms with E-state index in [1.807, 2.05) is 19.9 Å². The number of hydrogen-bond acceptors (Lipinski definition) is 6. The van der Waals surface area contributed by atoms with E-state index in [0.29, 0.717) is 47.2 Å². The Balaban J connectivity index is 1.57. The maximum absolute atomic E-state index is 13.5. The van der Waals surface area contributed by atoms with Crippen LogP contribution in [0.1, 0.15) is 44.2 Å². The molecule has 1 amide bonds. The molecule has 1 saturated heterocycles. The normalized spacial score (nSPS) is 16.2. The first kappa shape index (κ1) is 20.8. The number of halogens is 1. The molecular weight excluding hydrogens is 401 g/mol. The third-order valence-electron chi connectivity index (χ3n) is 5.08. The SMILES string of the molecule is COc1cc(-c2noc(C3CCC(=O)N3Cc3cccc(F)c3)n2)ccc1OC(C)C. The molecule has 0 radical (unpaired) electrons. The number of benzene rings is 2. The Hall–Kier alpha value is -3.42. The highest BCUT2D eigenvalue weighted by atomic mass is 19.1. The molecular formula is C23H24FN3O4. The van der Waals surface area contributed by atoms with Crippen LogP contribution in [0.4, 0.5) is 4.39 Å². The Kier molecular flexibility index (Phi) is 5.88. The van der Waals surface area contributed by atoms with E-state index in [4.69, 9.17) is 14.0 Å². The van der Waals surface area contributed by atoms with Crippen LogP contribution in [0, 0.1) is 5.82 Å². The number of carbonyl (C=O) groups is 1. The fourth-order valence-corrected chi connectivity index (χ4v) is 3.67. The molecule has 31 heavy (non-hydrogen) atoms. The second kappa shape index (κ2) is 8.75. The first-order chi connectivity index (χ1) is 14.9. The van der Waals surface area contributed by atoms with Gasteiger partial charge in [0, 0.05) is 18.5 Å². The molecule has 8 heteroatoms. The molecule has 7 nitrogen and oxygen atoms in total. The zero-order chi connectivity index (χ0) is 22.0. The van der Waals surface area contributed by atoms with Gasteiger partial charge in [-0.3, -0.25) is 4.79 Å². The van der Waals surface area contributed by atoms with E-state index >= 15 is 0 Å². The van der Waals surface area contributed by atoms with Gasteiger partial charge in [0.2, 0.25) is 17.6 Å². The summed E-state index contributed by atoms with van der Waals surface area (Å²) in [5.41, 5.74) is 1.43. The van der Waals surface area contributed by atoms with Crippen molar-refractivity contribution in [1.82, 2.24) is 15.0 Å². The van der Waals surface area contributed by atoms with Crippen molar-refractivity contribution < 1.29 is 23.2 Å². The van der Waals surface area contributed by atoms with E-state index in [9.17, 15) is 9.18 Å². The number of aromatic nitrogens is 2. The van der Waals surface area contributed by atoms with Crippen LogP contribution < -0.4 is 9.47 Å². The number of nitrogens with zero attached hydrogens (tertiary/aromatic N) is 3. The highest BCUT2D eigenvalue weighted by molar-refractivity contribution is 5.78. The monoisotopic (exact) mass is 425 g/mol. The van der Waals surface area contributed by atoms with Gasteiger partial charge in [-0.2, -0.15) is 4.98 Å². The fourth-order valence-electron chi connectivity index (χ4n) is 3.67. The Labute approximate surface area is 179 Å². The molecule has 1 aliphatic rings. The largest absolute Gasteiger partial charge is 0.493 e. The zero-order valence-corrected chi connectivity index (χ0v) is 17.7. The Morgan fingerprint density at radius 3 is 2.81 bits per heavy atom. The minimum atomic E-state index is -0.345. The molecule has 162 valence electrons. The van der Waals surface area contributed by atoms with E-state index in [0.717, 1.165) is 0 Å². The quantitative estimate of drug-likeness (QED) is 0.553. The summed E-state index contributed by atoms with van der Waals surface area (Å²) in [7, 11) is 1.57. The van der Waals surface area contributed by atoms with Crippen LogP contribution in [0.3, 0.4) is 0 Å². The molecule has 0 aliphatic carbocycles. The van der Waals surface area contributed by atoms with Crippen LogP contribution in [-0.4, -0.2) is 34.2 Å². The molecule has 0 spiro atoms. The Morgan fingerprint density at radius 1 is 1.23 bits per heavy atom. The number of rotatable bonds is 7. The summed E-state index contributed by atoms with van der Waals surface area (Å²) in [6.07, 6.45) is 0.966. The lowest BCUT2D eigenvalue weighted by molar-refractivity contribution is -0.130. The summed E-state index contributed by atoms with van der Waals surface area (Å²) >= 11 is 0. The van der Waals surface area contributed by atoms with Crippen molar-refractivity contribution in [2.45, 2.75) is 45.4 Å². The number of hydrogen-bond donors (Lipinski definition) is 0. The molecule has 3 aromatic rings. The highest BCUT2D eigenvalue weighted by Crippen LogP contribution is 2.36. The third kappa shape index (κ3) is 4.52. The molecule has 1 fully saturated rings. The number of methoxy groups -OCH3 is 1. The first-order valence-corrected chi connectivity index (χ1v) is 10.2. The van der Waals surface area contributed by atoms with Crippen molar-refractivity contribution in [2.24, 2.45) is 0 Å². The number of ether oxygens (including phenoxy) is 2. The lowest BCUT2D eigenvalue weighted by atomic mass is 10.1. The van der Waals surface area contributed by atoms with E-state index in [1.54, 1.807) is 36.3 Å². The summed E-state index contributed by atoms with van der Waals surface area (Å²) in [6, 6.07) is 11.3. The molecule has 2 heterocycles. The maximum Gasteiger partial charge on any atom is 0.249 e. The van der Waals surface area contributed by atoms with Gasteiger partial charge in [-0.15, -0.1) is 0 Å². The van der Waals surface area contributed by atoms with Gasteiger partial charge < -0.3 is 18.9 Å². The van der Waals surface area contributed by atoms with Crippen molar-refractivity contribution in [3.8, 4) is 22.9 Å². The molecule has 1 unspecified atom stereocenters. The Morgan fingerprint density at radius 2 is 2.06 bits per heavy atom. The first-order valence-electron chi connectivity index (χ1n) is 10.2. The molecule has 0 bridgehead atoms. The van der Waals surface area contributed by atoms with Crippen molar-refractivity contribution in [3.63, 3.8) is 0 Å². The van der Waals surface area contributed by atoms with E-state index in [2.05, 4.69) is 10.1 Å². The summed E-state index contributed by atoms with van der Waals surface area (Å²) in [5.74, 6) is 1.60. The van der Waals surface area contributed by atoms with Gasteiger partial charge in [0.25, 0.3) is 0 Å². The molecule has 1 aliphatic heterocycles. The lowest BCUT2D eigenvalue weighted by Gasteiger charge is -2.22. The molecule has 0 saturated carbocycles. The summed E-state index contributed by atoms with van der Waals surface area (Å²) in [5, 5.41) is 4.10. The van der Waals surface area contributed by atoms with Gasteiger partial charge in [0.15, 0.2) is 11.5 Å². The van der Waals surface area contributed by atoms with Crippen LogP contribution in [0.15, 0.2) is 47.0 Å². The second-order valence-electron chi connectivity index (χ2n) is 7.69. The number of amides is 1. The predicted octanol–water partition coefficient (Wildman–Crippen LogP) is 4.54. The molecule has 0 N–H and O–H groups in total. The maximum atomic E-state index is 13.5. The van der Waals surface area contributed by atoms with Crippen LogP contribution >= 0.6 is 0 Å². The second-order valence-corrected chi connectivity index (χ2v) is 7.69. The van der Waals surface area contributed by atoms with Gasteiger partial charge in [0.05, 0.1) is 13.2 Å². The van der Waals surface area contributed by atoms with Crippen LogP contribution in [-0.2, 0) is 11.3 Å². The van der Waals surface area contributed by atoms with E-state index < -0.39 is 0 Å². The molecule has 2 aromatic carbocycles. The minimum Gasteiger partial charge on any atom is -0.493 e. The van der Waals surface area contributed by atoms with Crippen molar-refractivity contribution in [3.05, 3.63) is 59.7 Å². The number of likely N-dealkylation sites (tertiary alicyclic amines) is 1. The zero-order valence-electron chi connectivity index (χ0n) is 17.7. The summed E-state index contributed by atoms with van der Waals surface area (Å²) in [4.78, 5) is 18.6. The van der Waals surface area contributed by atoms with Gasteiger partial charge in [-0.1, -0.05) is 17.3 Å². The standard InChI is InChI=1S/C23H24FN3O4/c1-14(2)30-19-9-7-16(12-20(19)29-3)22-25-23(31-26-22)18-8-10-21(28)27(18)13-15-5-4-6-17(24)11-15/h4-7,9,11-12,14,18H,8,10,13H2,1-3H3. The van der Waals surface area contributed by atoms with Crippen LogP contribution in [0.25, 0.3) is 11.4 Å². The van der Waals surface area contributed by atoms with E-state index in [1.165, 1.54) is 12.1 Å². The highest BCUT2D eigenvalue weighted by Gasteiger charge is 2.36.